The molecule has 0 saturated heterocycles. The first kappa shape index (κ1) is 12.2. The molecule has 0 bridgehead atoms. The molecular weight excluding hydrogens is 236 g/mol. The lowest BCUT2D eigenvalue weighted by Crippen LogP contribution is -2.28. The van der Waals surface area contributed by atoms with Gasteiger partial charge in [-0.25, -0.2) is 0 Å². The van der Waals surface area contributed by atoms with Crippen LogP contribution in [0.15, 0.2) is 37.4 Å². The lowest BCUT2D eigenvalue weighted by atomic mass is 10.1. The third-order valence-electron chi connectivity index (χ3n) is 2.55. The Morgan fingerprint density at radius 3 is 2.17 bits per heavy atom. The van der Waals surface area contributed by atoms with E-state index in [4.69, 9.17) is 4.74 Å². The smallest absolute Gasteiger partial charge is 0.232 e. The Morgan fingerprint density at radius 1 is 0.944 bits per heavy atom. The van der Waals surface area contributed by atoms with Crippen LogP contribution in [0.4, 0.5) is 0 Å². The van der Waals surface area contributed by atoms with Gasteiger partial charge in [-0.15, -0.1) is 0 Å². The first-order valence-electron chi connectivity index (χ1n) is 5.50. The van der Waals surface area contributed by atoms with Crippen LogP contribution in [0.5, 0.6) is 5.75 Å². The van der Waals surface area contributed by atoms with Gasteiger partial charge in [-0.05, 0) is 18.6 Å². The van der Waals surface area contributed by atoms with Crippen molar-refractivity contribution in [2.45, 2.75) is 13.3 Å². The Kier molecular flexibility index (Phi) is 3.06. The van der Waals surface area contributed by atoms with Gasteiger partial charge in [0.2, 0.25) is 5.43 Å². The van der Waals surface area contributed by atoms with Crippen LogP contribution in [0.25, 0.3) is 0 Å². The minimum atomic E-state index is -0.694. The molecule has 0 unspecified atom stereocenters. The van der Waals surface area contributed by atoms with Crippen LogP contribution in [-0.4, -0.2) is 6.61 Å². The average Bonchev–Trinajstić information content (AvgIpc) is 2.34. The summed E-state index contributed by atoms with van der Waals surface area (Å²) in [4.78, 5) is 46.8. The summed E-state index contributed by atoms with van der Waals surface area (Å²) in [5.41, 5.74) is -2.60. The maximum absolute atomic E-state index is 12.0. The molecule has 92 valence electrons. The fourth-order valence-corrected chi connectivity index (χ4v) is 1.73. The summed E-state index contributed by atoms with van der Waals surface area (Å²) < 4.78 is 5.12. The Hall–Kier alpha value is -2.30. The lowest BCUT2D eigenvalue weighted by Gasteiger charge is -2.02. The topological polar surface area (TPSA) is 77.5 Å². The summed E-state index contributed by atoms with van der Waals surface area (Å²) in [6.07, 6.45) is 0.664. The molecule has 0 radical (unpaired) electrons. The van der Waals surface area contributed by atoms with Crippen molar-refractivity contribution < 1.29 is 4.74 Å². The van der Waals surface area contributed by atoms with Crippen molar-refractivity contribution >= 4 is 0 Å². The Labute approximate surface area is 101 Å². The first-order valence-corrected chi connectivity index (χ1v) is 5.50. The molecule has 18 heavy (non-hydrogen) atoms. The first-order chi connectivity index (χ1) is 8.56. The zero-order valence-electron chi connectivity index (χ0n) is 9.69. The minimum absolute atomic E-state index is 0.169. The molecule has 0 atom stereocenters. The monoisotopic (exact) mass is 246 g/mol. The molecule has 5 heteroatoms. The van der Waals surface area contributed by atoms with Crippen molar-refractivity contribution in [3.05, 3.63) is 69.5 Å². The van der Waals surface area contributed by atoms with E-state index in [1.165, 1.54) is 0 Å². The van der Waals surface area contributed by atoms with Crippen LogP contribution in [0.1, 0.15) is 13.3 Å². The second-order valence-electron chi connectivity index (χ2n) is 3.86. The fraction of sp³-hybridized carbons (Fsp3) is 0.231. The minimum Gasteiger partial charge on any atom is -0.489 e. The number of ether oxygens (including phenoxy) is 1. The third-order valence-corrected chi connectivity index (χ3v) is 2.55. The predicted molar refractivity (Wildman–Crippen MR) is 65.0 cm³/mol. The van der Waals surface area contributed by atoms with Crippen LogP contribution in [0.3, 0.4) is 0 Å². The van der Waals surface area contributed by atoms with E-state index in [1.807, 2.05) is 6.92 Å². The van der Waals surface area contributed by atoms with E-state index >= 15 is 0 Å². The summed E-state index contributed by atoms with van der Waals surface area (Å²) in [5, 5.41) is -0.725. The average molecular weight is 246 g/mol. The van der Waals surface area contributed by atoms with Crippen LogP contribution in [-0.2, 0) is 0 Å². The van der Waals surface area contributed by atoms with Crippen LogP contribution >= 0.6 is 0 Å². The van der Waals surface area contributed by atoms with E-state index in [9.17, 15) is 19.2 Å². The standard InChI is InChI=1S/C13H10O5/c1-2-5-18-10-6-9(16)11-7(14)3-4-8(15)12(11)13(10)17/h3-4,6H,2,5H2,1H3. The van der Waals surface area contributed by atoms with E-state index < -0.39 is 21.7 Å². The maximum Gasteiger partial charge on any atom is 0.232 e. The molecule has 5 nitrogen and oxygen atoms in total. The molecule has 0 amide bonds. The SMILES string of the molecule is CCCOc1cc(=O)c2c(=O)ccc(=O)c=2c1=O. The number of hydrogen-bond donors (Lipinski definition) is 0. The Morgan fingerprint density at radius 2 is 1.56 bits per heavy atom. The zero-order valence-corrected chi connectivity index (χ0v) is 9.69. The molecular formula is C13H10O5. The van der Waals surface area contributed by atoms with Gasteiger partial charge in [-0.1, -0.05) is 6.92 Å². The van der Waals surface area contributed by atoms with Crippen molar-refractivity contribution in [2.75, 3.05) is 6.61 Å². The van der Waals surface area contributed by atoms with Crippen molar-refractivity contribution in [1.29, 1.82) is 0 Å². The van der Waals surface area contributed by atoms with Gasteiger partial charge in [0.15, 0.2) is 22.0 Å². The molecule has 0 saturated carbocycles. The van der Waals surface area contributed by atoms with Gasteiger partial charge in [-0.2, -0.15) is 0 Å². The third kappa shape index (κ3) is 1.84. The van der Waals surface area contributed by atoms with Gasteiger partial charge in [0.05, 0.1) is 17.0 Å². The van der Waals surface area contributed by atoms with Gasteiger partial charge < -0.3 is 4.74 Å². The van der Waals surface area contributed by atoms with Crippen molar-refractivity contribution in [2.24, 2.45) is 0 Å². The largest absolute Gasteiger partial charge is 0.489 e. The van der Waals surface area contributed by atoms with E-state index in [-0.39, 0.29) is 22.8 Å². The van der Waals surface area contributed by atoms with Crippen LogP contribution < -0.4 is 26.5 Å². The molecule has 0 aliphatic heterocycles. The highest BCUT2D eigenvalue weighted by molar-refractivity contribution is 5.27. The molecule has 2 aliphatic rings. The molecule has 0 aromatic rings. The van der Waals surface area contributed by atoms with Crippen LogP contribution in [0, 0.1) is 10.4 Å². The van der Waals surface area contributed by atoms with Gasteiger partial charge in [0, 0.05) is 6.07 Å². The highest BCUT2D eigenvalue weighted by atomic mass is 16.5. The van der Waals surface area contributed by atoms with Gasteiger partial charge in [-0.3, -0.25) is 19.2 Å². The highest BCUT2D eigenvalue weighted by Crippen LogP contribution is 1.99. The van der Waals surface area contributed by atoms with Crippen molar-refractivity contribution in [1.82, 2.24) is 0 Å². The molecule has 0 spiro atoms. The highest BCUT2D eigenvalue weighted by Gasteiger charge is 2.11. The van der Waals surface area contributed by atoms with Gasteiger partial charge in [0.25, 0.3) is 0 Å². The summed E-state index contributed by atoms with van der Waals surface area (Å²) in [6.45, 7) is 2.11. The summed E-state index contributed by atoms with van der Waals surface area (Å²) in [5.74, 6) is -0.169. The van der Waals surface area contributed by atoms with Crippen molar-refractivity contribution in [3.8, 4) is 5.75 Å². The predicted octanol–water partition coefficient (Wildman–Crippen LogP) is -0.483. The number of hydrogen-bond acceptors (Lipinski definition) is 5. The zero-order chi connectivity index (χ0) is 13.3. The van der Waals surface area contributed by atoms with Gasteiger partial charge in [0.1, 0.15) is 0 Å². The normalized spacial score (nSPS) is 10.7. The van der Waals surface area contributed by atoms with Gasteiger partial charge >= 0.3 is 0 Å². The van der Waals surface area contributed by atoms with E-state index in [0.29, 0.717) is 6.42 Å². The van der Waals surface area contributed by atoms with Crippen molar-refractivity contribution in [3.63, 3.8) is 0 Å². The Balaban J connectivity index is 2.99. The van der Waals surface area contributed by atoms with E-state index in [1.54, 1.807) is 0 Å². The van der Waals surface area contributed by atoms with E-state index in [0.717, 1.165) is 18.2 Å². The van der Waals surface area contributed by atoms with E-state index in [2.05, 4.69) is 0 Å². The molecule has 0 aromatic heterocycles. The molecule has 0 aromatic carbocycles. The molecule has 2 rings (SSSR count). The maximum atomic E-state index is 12.0. The number of rotatable bonds is 3. The quantitative estimate of drug-likeness (QED) is 0.730. The molecule has 0 fully saturated rings. The summed E-state index contributed by atoms with van der Waals surface area (Å²) in [7, 11) is 0. The lowest BCUT2D eigenvalue weighted by molar-refractivity contribution is 0.314. The second-order valence-corrected chi connectivity index (χ2v) is 3.86. The van der Waals surface area contributed by atoms with Crippen LogP contribution in [0.2, 0.25) is 0 Å². The summed E-state index contributed by atoms with van der Waals surface area (Å²) in [6, 6.07) is 2.97. The molecule has 0 heterocycles. The molecule has 0 N–H and O–H groups in total. The second kappa shape index (κ2) is 4.52. The summed E-state index contributed by atoms with van der Waals surface area (Å²) >= 11 is 0. The fourth-order valence-electron chi connectivity index (χ4n) is 1.73. The Bertz CT molecular complexity index is 843. The molecule has 2 aliphatic carbocycles.